The third kappa shape index (κ3) is 3.64. The molecule has 21 heavy (non-hydrogen) atoms. The number of nitrogens with two attached hydrogens (primary N) is 1. The van der Waals surface area contributed by atoms with E-state index >= 15 is 0 Å². The maximum atomic E-state index is 5.89. The molecular weight excluding hydrogens is 256 g/mol. The van der Waals surface area contributed by atoms with E-state index in [-0.39, 0.29) is 0 Å². The molecule has 1 unspecified atom stereocenters. The van der Waals surface area contributed by atoms with Gasteiger partial charge in [-0.15, -0.1) is 0 Å². The lowest BCUT2D eigenvalue weighted by molar-refractivity contribution is 0.244. The summed E-state index contributed by atoms with van der Waals surface area (Å²) in [4.78, 5) is 2.61. The lowest BCUT2D eigenvalue weighted by Crippen LogP contribution is -2.30. The van der Waals surface area contributed by atoms with Crippen LogP contribution in [0, 0.1) is 6.92 Å². The summed E-state index contributed by atoms with van der Waals surface area (Å²) in [6.07, 6.45) is 3.76. The molecule has 0 bridgehead atoms. The number of likely N-dealkylation sites (tertiary alicyclic amines) is 1. The summed E-state index contributed by atoms with van der Waals surface area (Å²) in [7, 11) is 0. The van der Waals surface area contributed by atoms with Crippen molar-refractivity contribution in [2.75, 3.05) is 12.3 Å². The van der Waals surface area contributed by atoms with E-state index < -0.39 is 0 Å². The molecule has 2 aromatic rings. The van der Waals surface area contributed by atoms with Crippen molar-refractivity contribution in [2.45, 2.75) is 38.8 Å². The second-order valence-electron chi connectivity index (χ2n) is 6.20. The van der Waals surface area contributed by atoms with Crippen LogP contribution in [0.3, 0.4) is 0 Å². The smallest absolute Gasteiger partial charge is 0.0317 e. The normalized spacial score (nSPS) is 19.0. The van der Waals surface area contributed by atoms with E-state index in [1.807, 2.05) is 6.07 Å². The largest absolute Gasteiger partial charge is 0.399 e. The Kier molecular flexibility index (Phi) is 4.26. The summed E-state index contributed by atoms with van der Waals surface area (Å²) in [5.74, 6) is 0. The van der Waals surface area contributed by atoms with Gasteiger partial charge in [-0.05, 0) is 56.0 Å². The molecule has 1 fully saturated rings. The molecule has 0 spiro atoms. The lowest BCUT2D eigenvalue weighted by Gasteiger charge is -2.25. The number of aryl methyl sites for hydroxylation is 1. The van der Waals surface area contributed by atoms with Gasteiger partial charge in [-0.2, -0.15) is 0 Å². The van der Waals surface area contributed by atoms with Crippen LogP contribution in [0.2, 0.25) is 0 Å². The molecule has 1 saturated heterocycles. The van der Waals surface area contributed by atoms with Crippen LogP contribution in [-0.2, 0) is 13.0 Å². The molecule has 1 aliphatic rings. The second-order valence-corrected chi connectivity index (χ2v) is 6.20. The predicted molar refractivity (Wildman–Crippen MR) is 89.2 cm³/mol. The van der Waals surface area contributed by atoms with E-state index in [0.29, 0.717) is 6.04 Å². The van der Waals surface area contributed by atoms with Crippen LogP contribution in [0.5, 0.6) is 0 Å². The second kappa shape index (κ2) is 6.31. The highest BCUT2D eigenvalue weighted by atomic mass is 15.2. The first-order chi connectivity index (χ1) is 10.2. The van der Waals surface area contributed by atoms with Gasteiger partial charge in [-0.1, -0.05) is 42.0 Å². The third-order valence-corrected chi connectivity index (χ3v) is 4.43. The number of anilines is 1. The molecule has 2 aromatic carbocycles. The van der Waals surface area contributed by atoms with Gasteiger partial charge in [0.05, 0.1) is 0 Å². The SMILES string of the molecule is Cc1ccc(CC2CCCN2Cc2cccc(N)c2)cc1. The molecule has 0 saturated carbocycles. The summed E-state index contributed by atoms with van der Waals surface area (Å²) >= 11 is 0. The van der Waals surface area contributed by atoms with Gasteiger partial charge in [-0.25, -0.2) is 0 Å². The van der Waals surface area contributed by atoms with E-state index in [1.54, 1.807) is 0 Å². The lowest BCUT2D eigenvalue weighted by atomic mass is 10.0. The van der Waals surface area contributed by atoms with Crippen molar-refractivity contribution >= 4 is 5.69 Å². The average molecular weight is 280 g/mol. The van der Waals surface area contributed by atoms with Crippen LogP contribution >= 0.6 is 0 Å². The molecule has 110 valence electrons. The van der Waals surface area contributed by atoms with Crippen molar-refractivity contribution in [2.24, 2.45) is 0 Å². The summed E-state index contributed by atoms with van der Waals surface area (Å²) < 4.78 is 0. The Morgan fingerprint density at radius 1 is 1.10 bits per heavy atom. The maximum absolute atomic E-state index is 5.89. The fourth-order valence-corrected chi connectivity index (χ4v) is 3.26. The maximum Gasteiger partial charge on any atom is 0.0317 e. The van der Waals surface area contributed by atoms with Gasteiger partial charge in [-0.3, -0.25) is 4.90 Å². The van der Waals surface area contributed by atoms with Crippen molar-refractivity contribution in [3.63, 3.8) is 0 Å². The Morgan fingerprint density at radius 3 is 2.67 bits per heavy atom. The first-order valence-corrected chi connectivity index (χ1v) is 7.85. The van der Waals surface area contributed by atoms with Gasteiger partial charge in [0.25, 0.3) is 0 Å². The highest BCUT2D eigenvalue weighted by molar-refractivity contribution is 5.40. The topological polar surface area (TPSA) is 29.3 Å². The number of benzene rings is 2. The standard InChI is InChI=1S/C19H24N2/c1-15-7-9-16(10-8-15)13-19-6-3-11-21(19)14-17-4-2-5-18(20)12-17/h2,4-5,7-10,12,19H,3,6,11,13-14,20H2,1H3. The molecule has 1 atom stereocenters. The highest BCUT2D eigenvalue weighted by Gasteiger charge is 2.24. The number of hydrogen-bond acceptors (Lipinski definition) is 2. The summed E-state index contributed by atoms with van der Waals surface area (Å²) in [5, 5.41) is 0. The van der Waals surface area contributed by atoms with Crippen LogP contribution in [-0.4, -0.2) is 17.5 Å². The minimum Gasteiger partial charge on any atom is -0.399 e. The Labute approximate surface area is 127 Å². The Morgan fingerprint density at radius 2 is 1.90 bits per heavy atom. The molecule has 1 aliphatic heterocycles. The molecule has 0 aromatic heterocycles. The quantitative estimate of drug-likeness (QED) is 0.864. The average Bonchev–Trinajstić information content (AvgIpc) is 2.89. The molecule has 1 heterocycles. The Bertz CT molecular complexity index is 589. The zero-order valence-corrected chi connectivity index (χ0v) is 12.8. The first-order valence-electron chi connectivity index (χ1n) is 7.85. The number of nitrogen functional groups attached to an aromatic ring is 1. The van der Waals surface area contributed by atoms with Crippen molar-refractivity contribution < 1.29 is 0 Å². The van der Waals surface area contributed by atoms with Crippen LogP contribution in [0.1, 0.15) is 29.5 Å². The van der Waals surface area contributed by atoms with E-state index in [1.165, 1.54) is 36.1 Å². The van der Waals surface area contributed by atoms with Gasteiger partial charge in [0.1, 0.15) is 0 Å². The summed E-state index contributed by atoms with van der Waals surface area (Å²) in [6.45, 7) is 4.36. The van der Waals surface area contributed by atoms with Gasteiger partial charge in [0.2, 0.25) is 0 Å². The van der Waals surface area contributed by atoms with E-state index in [9.17, 15) is 0 Å². The van der Waals surface area contributed by atoms with Crippen LogP contribution < -0.4 is 5.73 Å². The third-order valence-electron chi connectivity index (χ3n) is 4.43. The van der Waals surface area contributed by atoms with Gasteiger partial charge in [0.15, 0.2) is 0 Å². The molecule has 0 radical (unpaired) electrons. The van der Waals surface area contributed by atoms with E-state index in [4.69, 9.17) is 5.73 Å². The number of nitrogens with zero attached hydrogens (tertiary/aromatic N) is 1. The first kappa shape index (κ1) is 14.2. The van der Waals surface area contributed by atoms with Crippen molar-refractivity contribution in [3.8, 4) is 0 Å². The molecule has 0 amide bonds. The predicted octanol–water partition coefficient (Wildman–Crippen LogP) is 3.78. The molecule has 2 N–H and O–H groups in total. The number of rotatable bonds is 4. The number of hydrogen-bond donors (Lipinski definition) is 1. The Balaban J connectivity index is 1.66. The van der Waals surface area contributed by atoms with Crippen LogP contribution in [0.25, 0.3) is 0 Å². The molecule has 2 nitrogen and oxygen atoms in total. The minimum atomic E-state index is 0.661. The van der Waals surface area contributed by atoms with Crippen LogP contribution in [0.15, 0.2) is 48.5 Å². The minimum absolute atomic E-state index is 0.661. The zero-order valence-electron chi connectivity index (χ0n) is 12.8. The Hall–Kier alpha value is -1.80. The van der Waals surface area contributed by atoms with E-state index in [2.05, 4.69) is 54.3 Å². The summed E-state index contributed by atoms with van der Waals surface area (Å²) in [6, 6.07) is 17.9. The summed E-state index contributed by atoms with van der Waals surface area (Å²) in [5.41, 5.74) is 10.9. The monoisotopic (exact) mass is 280 g/mol. The van der Waals surface area contributed by atoms with Gasteiger partial charge >= 0.3 is 0 Å². The molecule has 3 rings (SSSR count). The van der Waals surface area contributed by atoms with E-state index in [0.717, 1.165) is 18.7 Å². The van der Waals surface area contributed by atoms with Crippen molar-refractivity contribution in [1.29, 1.82) is 0 Å². The van der Waals surface area contributed by atoms with Crippen molar-refractivity contribution in [1.82, 2.24) is 4.90 Å². The highest BCUT2D eigenvalue weighted by Crippen LogP contribution is 2.24. The molecule has 0 aliphatic carbocycles. The van der Waals surface area contributed by atoms with Gasteiger partial charge in [0, 0.05) is 18.3 Å². The molecule has 2 heteroatoms. The van der Waals surface area contributed by atoms with Crippen molar-refractivity contribution in [3.05, 3.63) is 65.2 Å². The zero-order chi connectivity index (χ0) is 14.7. The van der Waals surface area contributed by atoms with Crippen LogP contribution in [0.4, 0.5) is 5.69 Å². The fourth-order valence-electron chi connectivity index (χ4n) is 3.26. The van der Waals surface area contributed by atoms with Gasteiger partial charge < -0.3 is 5.73 Å². The molecular formula is C19H24N2. The fraction of sp³-hybridized carbons (Fsp3) is 0.368.